The van der Waals surface area contributed by atoms with Crippen molar-refractivity contribution in [1.82, 2.24) is 14.9 Å². The van der Waals surface area contributed by atoms with E-state index in [4.69, 9.17) is 47.9 Å². The van der Waals surface area contributed by atoms with E-state index < -0.39 is 0 Å². The third-order valence-electron chi connectivity index (χ3n) is 5.31. The quantitative estimate of drug-likeness (QED) is 0.263. The highest BCUT2D eigenvalue weighted by molar-refractivity contribution is 6.41. The molecule has 0 saturated carbocycles. The predicted octanol–water partition coefficient (Wildman–Crippen LogP) is 6.17. The smallest absolute Gasteiger partial charge is 0.410 e. The van der Waals surface area contributed by atoms with Crippen LogP contribution in [-0.2, 0) is 9.53 Å². The Morgan fingerprint density at radius 2 is 1.59 bits per heavy atom. The van der Waals surface area contributed by atoms with E-state index in [2.05, 4.69) is 22.3 Å². The molecule has 3 aromatic rings. The third-order valence-corrected chi connectivity index (χ3v) is 6.07. The fraction of sp³-hybridized carbons (Fsp3) is 0.379. The first kappa shape index (κ1) is 35.4. The van der Waals surface area contributed by atoms with Gasteiger partial charge >= 0.3 is 6.09 Å². The Labute approximate surface area is 251 Å². The summed E-state index contributed by atoms with van der Waals surface area (Å²) in [5, 5.41) is 1.65. The maximum Gasteiger partial charge on any atom is 0.410 e. The van der Waals surface area contributed by atoms with Gasteiger partial charge in [0.1, 0.15) is 23.4 Å². The van der Waals surface area contributed by atoms with Crippen molar-refractivity contribution in [3.63, 3.8) is 0 Å². The maximum atomic E-state index is 11.4. The van der Waals surface area contributed by atoms with Crippen LogP contribution >= 0.6 is 23.2 Å². The van der Waals surface area contributed by atoms with Crippen LogP contribution in [0.4, 0.5) is 10.7 Å². The van der Waals surface area contributed by atoms with Crippen LogP contribution in [0, 0.1) is 0 Å². The van der Waals surface area contributed by atoms with Crippen LogP contribution in [0.1, 0.15) is 33.6 Å². The maximum absolute atomic E-state index is 11.4. The van der Waals surface area contributed by atoms with E-state index >= 15 is 0 Å². The van der Waals surface area contributed by atoms with Gasteiger partial charge in [0.25, 0.3) is 0 Å². The number of likely N-dealkylation sites (tertiary alicyclic amines) is 1. The summed E-state index contributed by atoms with van der Waals surface area (Å²) in [5.74, 6) is 1.19. The summed E-state index contributed by atoms with van der Waals surface area (Å²) in [5.41, 5.74) is 11.9. The number of benzene rings is 2. The highest BCUT2D eigenvalue weighted by atomic mass is 35.5. The zero-order chi connectivity index (χ0) is 31.2. The molecule has 2 heterocycles. The Bertz CT molecular complexity index is 1270. The van der Waals surface area contributed by atoms with E-state index in [0.29, 0.717) is 33.4 Å². The van der Waals surface area contributed by atoms with Crippen LogP contribution in [0.3, 0.4) is 0 Å². The average molecular weight is 609 g/mol. The molecule has 1 aliphatic rings. The van der Waals surface area contributed by atoms with Crippen molar-refractivity contribution < 1.29 is 23.8 Å². The summed E-state index contributed by atoms with van der Waals surface area (Å²) in [6.07, 6.45) is 5.54. The van der Waals surface area contributed by atoms with Crippen LogP contribution in [0.2, 0.25) is 10.0 Å². The highest BCUT2D eigenvalue weighted by Crippen LogP contribution is 2.46. The van der Waals surface area contributed by atoms with Gasteiger partial charge in [-0.15, -0.1) is 0 Å². The number of anilines is 1. The number of fused-ring (bicyclic) bond motifs is 1. The fourth-order valence-corrected chi connectivity index (χ4v) is 4.29. The fourth-order valence-electron chi connectivity index (χ4n) is 3.57. The minimum Gasteiger partial charge on any atom is -0.495 e. The van der Waals surface area contributed by atoms with Gasteiger partial charge in [-0.25, -0.2) is 14.8 Å². The van der Waals surface area contributed by atoms with Crippen LogP contribution in [0.25, 0.3) is 22.0 Å². The molecule has 2 aromatic carbocycles. The molecule has 0 spiro atoms. The number of amides is 1. The molecule has 224 valence electrons. The SMILES string of the molecule is C=CC=O.CC(C)(C)OC(=O)N1CCCC1.CN.COc1cc(OC)c(Cl)c(-c2ccc3nc(N)ncc3c2)c1Cl. The molecule has 1 aromatic heterocycles. The first-order valence-corrected chi connectivity index (χ1v) is 13.5. The molecule has 1 fully saturated rings. The van der Waals surface area contributed by atoms with E-state index in [9.17, 15) is 4.79 Å². The van der Waals surface area contributed by atoms with Gasteiger partial charge in [-0.2, -0.15) is 0 Å². The zero-order valence-corrected chi connectivity index (χ0v) is 25.9. The Hall–Kier alpha value is -3.60. The Morgan fingerprint density at radius 1 is 1.05 bits per heavy atom. The number of methoxy groups -OCH3 is 2. The van der Waals surface area contributed by atoms with Crippen molar-refractivity contribution in [2.24, 2.45) is 5.73 Å². The van der Waals surface area contributed by atoms with Crippen molar-refractivity contribution in [3.05, 3.63) is 53.2 Å². The second-order valence-corrected chi connectivity index (χ2v) is 10.1. The summed E-state index contributed by atoms with van der Waals surface area (Å²) in [6, 6.07) is 7.24. The van der Waals surface area contributed by atoms with Crippen molar-refractivity contribution in [3.8, 4) is 22.6 Å². The number of allylic oxidation sites excluding steroid dienone is 1. The van der Waals surface area contributed by atoms with Gasteiger partial charge in [0.15, 0.2) is 0 Å². The second kappa shape index (κ2) is 17.3. The molecular weight excluding hydrogens is 569 g/mol. The van der Waals surface area contributed by atoms with Gasteiger partial charge in [0.05, 0.1) is 29.8 Å². The summed E-state index contributed by atoms with van der Waals surface area (Å²) in [4.78, 5) is 30.4. The standard InChI is InChI=1S/C16H13Cl2N3O2.C9H17NO2.C3H4O.CH5N/c1-22-11-6-12(23-2)15(18)13(14(11)17)8-3-4-10-9(5-8)7-20-16(19)21-10;1-9(2,3)12-8(11)10-6-4-5-7-10;1-2-3-4;1-2/h3-7H,1-2H3,(H2,19,20,21);4-7H2,1-3H3;2-3H,1H2;2H2,1H3. The molecule has 1 aliphatic heterocycles. The molecular formula is C29H39Cl2N5O5. The minimum atomic E-state index is -0.361. The molecule has 0 aliphatic carbocycles. The lowest BCUT2D eigenvalue weighted by Crippen LogP contribution is -2.34. The molecule has 0 bridgehead atoms. The number of aromatic nitrogens is 2. The Balaban J connectivity index is 0.000000391. The normalized spacial score (nSPS) is 12.0. The van der Waals surface area contributed by atoms with Crippen molar-refractivity contribution in [2.75, 3.05) is 40.1 Å². The number of nitrogen functional groups attached to an aromatic ring is 1. The summed E-state index contributed by atoms with van der Waals surface area (Å²) in [6.45, 7) is 10.5. The van der Waals surface area contributed by atoms with Crippen molar-refractivity contribution >= 4 is 52.4 Å². The van der Waals surface area contributed by atoms with Crippen LogP contribution < -0.4 is 20.9 Å². The molecule has 0 atom stereocenters. The van der Waals surface area contributed by atoms with Crippen LogP contribution in [0.5, 0.6) is 11.5 Å². The molecule has 0 radical (unpaired) electrons. The van der Waals surface area contributed by atoms with Crippen LogP contribution in [0.15, 0.2) is 43.1 Å². The van der Waals surface area contributed by atoms with E-state index in [0.717, 1.165) is 42.4 Å². The first-order valence-electron chi connectivity index (χ1n) is 12.7. The molecule has 10 nitrogen and oxygen atoms in total. The van der Waals surface area contributed by atoms with E-state index in [1.54, 1.807) is 17.2 Å². The lowest BCUT2D eigenvalue weighted by molar-refractivity contribution is -0.104. The zero-order valence-electron chi connectivity index (χ0n) is 24.4. The molecule has 12 heteroatoms. The highest BCUT2D eigenvalue weighted by Gasteiger charge is 2.24. The number of carbonyl (C=O) groups excluding carboxylic acids is 2. The molecule has 4 N–H and O–H groups in total. The number of ether oxygens (including phenoxy) is 3. The number of aldehydes is 1. The van der Waals surface area contributed by atoms with E-state index in [1.165, 1.54) is 27.3 Å². The lowest BCUT2D eigenvalue weighted by atomic mass is 10.0. The predicted molar refractivity (Wildman–Crippen MR) is 166 cm³/mol. The molecule has 4 rings (SSSR count). The van der Waals surface area contributed by atoms with Gasteiger partial charge in [-0.3, -0.25) is 4.79 Å². The van der Waals surface area contributed by atoms with E-state index in [1.807, 2.05) is 39.0 Å². The third kappa shape index (κ3) is 10.7. The van der Waals surface area contributed by atoms with Gasteiger partial charge in [0.2, 0.25) is 5.95 Å². The summed E-state index contributed by atoms with van der Waals surface area (Å²) in [7, 11) is 4.57. The topological polar surface area (TPSA) is 143 Å². The van der Waals surface area contributed by atoms with Crippen LogP contribution in [-0.4, -0.2) is 67.2 Å². The molecule has 41 heavy (non-hydrogen) atoms. The molecule has 1 saturated heterocycles. The number of hydrogen-bond acceptors (Lipinski definition) is 9. The average Bonchev–Trinajstić information content (AvgIpc) is 3.50. The number of nitrogens with zero attached hydrogens (tertiary/aromatic N) is 3. The first-order chi connectivity index (χ1) is 19.4. The number of hydrogen-bond donors (Lipinski definition) is 2. The summed E-state index contributed by atoms with van der Waals surface area (Å²) >= 11 is 12.9. The van der Waals surface area contributed by atoms with Gasteiger partial charge in [0, 0.05) is 36.3 Å². The number of nitrogens with two attached hydrogens (primary N) is 2. The summed E-state index contributed by atoms with van der Waals surface area (Å²) < 4.78 is 15.8. The number of halogens is 2. The van der Waals surface area contributed by atoms with Gasteiger partial charge in [-0.1, -0.05) is 35.8 Å². The van der Waals surface area contributed by atoms with Crippen molar-refractivity contribution in [2.45, 2.75) is 39.2 Å². The largest absolute Gasteiger partial charge is 0.495 e. The molecule has 1 amide bonds. The van der Waals surface area contributed by atoms with Gasteiger partial charge < -0.3 is 30.6 Å². The Kier molecular flexibility index (Phi) is 14.9. The number of rotatable bonds is 4. The lowest BCUT2D eigenvalue weighted by Gasteiger charge is -2.23. The second-order valence-electron chi connectivity index (χ2n) is 9.33. The Morgan fingerprint density at radius 3 is 2.05 bits per heavy atom. The number of carbonyl (C=O) groups is 2. The monoisotopic (exact) mass is 607 g/mol. The molecule has 0 unspecified atom stereocenters. The van der Waals surface area contributed by atoms with Crippen molar-refractivity contribution in [1.29, 1.82) is 0 Å². The van der Waals surface area contributed by atoms with E-state index in [-0.39, 0.29) is 17.6 Å². The minimum absolute atomic E-state index is 0.167. The van der Waals surface area contributed by atoms with Gasteiger partial charge in [-0.05, 0) is 64.4 Å².